The number of fused-ring (bicyclic) bond motifs is 1. The predicted molar refractivity (Wildman–Crippen MR) is 103 cm³/mol. The van der Waals surface area contributed by atoms with Gasteiger partial charge in [0.1, 0.15) is 11.9 Å². The van der Waals surface area contributed by atoms with E-state index in [4.69, 9.17) is 4.98 Å². The molecule has 0 aliphatic heterocycles. The average Bonchev–Trinajstić information content (AvgIpc) is 3.03. The molecule has 0 amide bonds. The van der Waals surface area contributed by atoms with Gasteiger partial charge in [0.2, 0.25) is 0 Å². The average molecular weight is 343 g/mol. The van der Waals surface area contributed by atoms with Gasteiger partial charge in [-0.05, 0) is 54.8 Å². The molecule has 1 atom stereocenters. The SMILES string of the molecule is Cc1ccc(C)c(Cn2c([C@@H](O)c3ccncc3)nc3ccccc32)c1. The van der Waals surface area contributed by atoms with Crippen molar-refractivity contribution in [1.29, 1.82) is 0 Å². The van der Waals surface area contributed by atoms with E-state index in [0.717, 1.165) is 16.6 Å². The number of hydrogen-bond acceptors (Lipinski definition) is 3. The van der Waals surface area contributed by atoms with Crippen LogP contribution in [0, 0.1) is 13.8 Å². The Balaban J connectivity index is 1.86. The molecule has 1 N–H and O–H groups in total. The highest BCUT2D eigenvalue weighted by Gasteiger charge is 2.20. The van der Waals surface area contributed by atoms with Crippen LogP contribution in [0.2, 0.25) is 0 Å². The van der Waals surface area contributed by atoms with E-state index in [2.05, 4.69) is 47.7 Å². The lowest BCUT2D eigenvalue weighted by Gasteiger charge is -2.16. The first-order chi connectivity index (χ1) is 12.6. The standard InChI is InChI=1S/C22H21N3O/c1-15-7-8-16(2)18(13-15)14-25-20-6-4-3-5-19(20)24-22(25)21(26)17-9-11-23-12-10-17/h3-13,21,26H,14H2,1-2H3/t21-/m0/s1. The van der Waals surface area contributed by atoms with E-state index in [1.54, 1.807) is 12.4 Å². The molecular formula is C22H21N3O. The lowest BCUT2D eigenvalue weighted by atomic mass is 10.1. The molecule has 130 valence electrons. The van der Waals surface area contributed by atoms with Crippen molar-refractivity contribution >= 4 is 11.0 Å². The minimum atomic E-state index is -0.796. The Labute approximate surface area is 152 Å². The van der Waals surface area contributed by atoms with E-state index < -0.39 is 6.10 Å². The summed E-state index contributed by atoms with van der Waals surface area (Å²) in [5.74, 6) is 0.651. The Morgan fingerprint density at radius 3 is 2.58 bits per heavy atom. The maximum atomic E-state index is 11.0. The van der Waals surface area contributed by atoms with Gasteiger partial charge in [-0.3, -0.25) is 4.98 Å². The van der Waals surface area contributed by atoms with Crippen molar-refractivity contribution in [3.63, 3.8) is 0 Å². The Morgan fingerprint density at radius 1 is 1.00 bits per heavy atom. The molecule has 4 nitrogen and oxygen atoms in total. The molecular weight excluding hydrogens is 322 g/mol. The van der Waals surface area contributed by atoms with Crippen LogP contribution in [0.4, 0.5) is 0 Å². The van der Waals surface area contributed by atoms with Crippen molar-refractivity contribution in [3.8, 4) is 0 Å². The molecule has 2 heterocycles. The summed E-state index contributed by atoms with van der Waals surface area (Å²) in [6.07, 6.45) is 2.59. The van der Waals surface area contributed by atoms with Gasteiger partial charge in [0, 0.05) is 18.9 Å². The van der Waals surface area contributed by atoms with Crippen molar-refractivity contribution in [1.82, 2.24) is 14.5 Å². The molecule has 0 unspecified atom stereocenters. The zero-order valence-corrected chi connectivity index (χ0v) is 14.9. The molecule has 0 aliphatic carbocycles. The van der Waals surface area contributed by atoms with E-state index in [1.807, 2.05) is 30.3 Å². The highest BCUT2D eigenvalue weighted by atomic mass is 16.3. The van der Waals surface area contributed by atoms with E-state index in [9.17, 15) is 5.11 Å². The van der Waals surface area contributed by atoms with E-state index >= 15 is 0 Å². The molecule has 0 radical (unpaired) electrons. The molecule has 4 rings (SSSR count). The quantitative estimate of drug-likeness (QED) is 0.605. The van der Waals surface area contributed by atoms with Gasteiger partial charge in [0.25, 0.3) is 0 Å². The summed E-state index contributed by atoms with van der Waals surface area (Å²) < 4.78 is 2.11. The Hall–Kier alpha value is -2.98. The van der Waals surface area contributed by atoms with Gasteiger partial charge in [-0.15, -0.1) is 0 Å². The normalized spacial score (nSPS) is 12.4. The highest BCUT2D eigenvalue weighted by molar-refractivity contribution is 5.76. The molecule has 0 saturated carbocycles. The van der Waals surface area contributed by atoms with Gasteiger partial charge in [0.05, 0.1) is 11.0 Å². The lowest BCUT2D eigenvalue weighted by molar-refractivity contribution is 0.206. The maximum absolute atomic E-state index is 11.0. The van der Waals surface area contributed by atoms with Crippen LogP contribution < -0.4 is 0 Å². The molecule has 4 heteroatoms. The van der Waals surface area contributed by atoms with Crippen molar-refractivity contribution in [2.24, 2.45) is 0 Å². The summed E-state index contributed by atoms with van der Waals surface area (Å²) in [5, 5.41) is 11.0. The fourth-order valence-electron chi connectivity index (χ4n) is 3.30. The molecule has 0 fully saturated rings. The molecule has 0 spiro atoms. The van der Waals surface area contributed by atoms with Gasteiger partial charge >= 0.3 is 0 Å². The molecule has 0 bridgehead atoms. The first-order valence-corrected chi connectivity index (χ1v) is 8.73. The van der Waals surface area contributed by atoms with Crippen LogP contribution >= 0.6 is 0 Å². The second kappa shape index (κ2) is 6.73. The zero-order valence-electron chi connectivity index (χ0n) is 14.9. The van der Waals surface area contributed by atoms with Gasteiger partial charge in [-0.2, -0.15) is 0 Å². The number of benzene rings is 2. The monoisotopic (exact) mass is 343 g/mol. The summed E-state index contributed by atoms with van der Waals surface area (Å²) in [5.41, 5.74) is 6.40. The Morgan fingerprint density at radius 2 is 1.77 bits per heavy atom. The van der Waals surface area contributed by atoms with Gasteiger partial charge in [-0.25, -0.2) is 4.98 Å². The van der Waals surface area contributed by atoms with Crippen LogP contribution in [0.5, 0.6) is 0 Å². The molecule has 26 heavy (non-hydrogen) atoms. The van der Waals surface area contributed by atoms with Crippen LogP contribution in [-0.2, 0) is 6.54 Å². The Bertz CT molecular complexity index is 1050. The van der Waals surface area contributed by atoms with Gasteiger partial charge in [0.15, 0.2) is 0 Å². The molecule has 2 aromatic carbocycles. The number of aromatic nitrogens is 3. The van der Waals surface area contributed by atoms with Crippen LogP contribution in [0.3, 0.4) is 0 Å². The van der Waals surface area contributed by atoms with Crippen molar-refractivity contribution in [3.05, 3.63) is 95.1 Å². The third-order valence-corrected chi connectivity index (χ3v) is 4.78. The van der Waals surface area contributed by atoms with Crippen LogP contribution in [0.25, 0.3) is 11.0 Å². The second-order valence-corrected chi connectivity index (χ2v) is 6.66. The minimum Gasteiger partial charge on any atom is -0.380 e. The molecule has 2 aromatic heterocycles. The number of aliphatic hydroxyl groups is 1. The Kier molecular flexibility index (Phi) is 4.27. The fraction of sp³-hybridized carbons (Fsp3) is 0.182. The van der Waals surface area contributed by atoms with Gasteiger partial charge in [-0.1, -0.05) is 35.9 Å². The van der Waals surface area contributed by atoms with Crippen LogP contribution in [0.1, 0.15) is 34.2 Å². The number of rotatable bonds is 4. The number of pyridine rings is 1. The number of para-hydroxylation sites is 2. The smallest absolute Gasteiger partial charge is 0.143 e. The first kappa shape index (κ1) is 16.5. The summed E-state index contributed by atoms with van der Waals surface area (Å²) in [6, 6.07) is 18.1. The van der Waals surface area contributed by atoms with E-state index in [0.29, 0.717) is 12.4 Å². The summed E-state index contributed by atoms with van der Waals surface area (Å²) in [4.78, 5) is 8.77. The number of hydrogen-bond donors (Lipinski definition) is 1. The first-order valence-electron chi connectivity index (χ1n) is 8.73. The number of imidazole rings is 1. The summed E-state index contributed by atoms with van der Waals surface area (Å²) >= 11 is 0. The van der Waals surface area contributed by atoms with Crippen LogP contribution in [0.15, 0.2) is 67.0 Å². The topological polar surface area (TPSA) is 50.9 Å². The second-order valence-electron chi connectivity index (χ2n) is 6.66. The fourth-order valence-corrected chi connectivity index (χ4v) is 3.30. The summed E-state index contributed by atoms with van der Waals surface area (Å²) in [7, 11) is 0. The zero-order chi connectivity index (χ0) is 18.1. The van der Waals surface area contributed by atoms with Crippen molar-refractivity contribution in [2.45, 2.75) is 26.5 Å². The number of aliphatic hydroxyl groups excluding tert-OH is 1. The van der Waals surface area contributed by atoms with Crippen molar-refractivity contribution in [2.75, 3.05) is 0 Å². The largest absolute Gasteiger partial charge is 0.380 e. The molecule has 0 aliphatic rings. The third kappa shape index (κ3) is 3.00. The minimum absolute atomic E-state index is 0.651. The number of aryl methyl sites for hydroxylation is 2. The molecule has 4 aromatic rings. The third-order valence-electron chi connectivity index (χ3n) is 4.78. The predicted octanol–water partition coefficient (Wildman–Crippen LogP) is 4.18. The summed E-state index contributed by atoms with van der Waals surface area (Å²) in [6.45, 7) is 4.89. The van der Waals surface area contributed by atoms with Gasteiger partial charge < -0.3 is 9.67 Å². The maximum Gasteiger partial charge on any atom is 0.143 e. The van der Waals surface area contributed by atoms with Crippen molar-refractivity contribution < 1.29 is 5.11 Å². The van der Waals surface area contributed by atoms with E-state index in [1.165, 1.54) is 16.7 Å². The van der Waals surface area contributed by atoms with Crippen LogP contribution in [-0.4, -0.2) is 19.6 Å². The highest BCUT2D eigenvalue weighted by Crippen LogP contribution is 2.27. The van der Waals surface area contributed by atoms with E-state index in [-0.39, 0.29) is 0 Å². The lowest BCUT2D eigenvalue weighted by Crippen LogP contribution is -2.12. The molecule has 0 saturated heterocycles. The number of nitrogens with zero attached hydrogens (tertiary/aromatic N) is 3.